The molecule has 0 fully saturated rings. The second kappa shape index (κ2) is 14.6. The standard InChI is InChI=1S/C15H27N5O.C3H5NO2/c1-6-16-14(21)13(20(4)5)8-7-9-17-15-18-11(2)10-12(3)19-15;5-2-1-4-3-6/h10,13H,6-9H2,1-5H3,(H,16,21)(H,17,18,19);2-3H,1H2,(H,4,6). The molecule has 0 spiro atoms. The van der Waals surface area contributed by atoms with Gasteiger partial charge in [-0.3, -0.25) is 14.5 Å². The maximum atomic E-state index is 11.9. The van der Waals surface area contributed by atoms with Crippen LogP contribution < -0.4 is 16.0 Å². The monoisotopic (exact) mass is 380 g/mol. The third-order valence-corrected chi connectivity index (χ3v) is 3.48. The number of hydrogen-bond donors (Lipinski definition) is 3. The van der Waals surface area contributed by atoms with Crippen LogP contribution in [0.2, 0.25) is 0 Å². The lowest BCUT2D eigenvalue weighted by molar-refractivity contribution is -0.125. The minimum absolute atomic E-state index is 0.0881. The fourth-order valence-electron chi connectivity index (χ4n) is 2.31. The summed E-state index contributed by atoms with van der Waals surface area (Å²) in [6.07, 6.45) is 2.79. The highest BCUT2D eigenvalue weighted by Crippen LogP contribution is 2.07. The summed E-state index contributed by atoms with van der Waals surface area (Å²) in [4.78, 5) is 41.2. The van der Waals surface area contributed by atoms with Crippen LogP contribution in [0.3, 0.4) is 0 Å². The van der Waals surface area contributed by atoms with Crippen molar-refractivity contribution in [3.63, 3.8) is 0 Å². The molecule has 1 aromatic rings. The highest BCUT2D eigenvalue weighted by atomic mass is 16.2. The molecule has 9 nitrogen and oxygen atoms in total. The molecule has 3 N–H and O–H groups in total. The second-order valence-corrected chi connectivity index (χ2v) is 6.11. The van der Waals surface area contributed by atoms with Gasteiger partial charge in [-0.1, -0.05) is 0 Å². The maximum Gasteiger partial charge on any atom is 0.237 e. The van der Waals surface area contributed by atoms with Gasteiger partial charge < -0.3 is 20.7 Å². The number of aryl methyl sites for hydroxylation is 2. The van der Waals surface area contributed by atoms with Crippen molar-refractivity contribution in [3.05, 3.63) is 17.5 Å². The Morgan fingerprint density at radius 2 is 1.85 bits per heavy atom. The van der Waals surface area contributed by atoms with Gasteiger partial charge in [0.1, 0.15) is 6.29 Å². The zero-order valence-corrected chi connectivity index (χ0v) is 16.9. The fourth-order valence-corrected chi connectivity index (χ4v) is 2.31. The lowest BCUT2D eigenvalue weighted by atomic mass is 10.1. The van der Waals surface area contributed by atoms with Crippen LogP contribution in [0.4, 0.5) is 5.95 Å². The SMILES string of the molecule is CCNC(=O)C(CCCNc1nc(C)cc(C)n1)N(C)C.O=CCNC=O. The van der Waals surface area contributed by atoms with E-state index in [0.717, 1.165) is 30.8 Å². The molecule has 1 aromatic heterocycles. The van der Waals surface area contributed by atoms with E-state index in [1.165, 1.54) is 0 Å². The van der Waals surface area contributed by atoms with Crippen LogP contribution in [0, 0.1) is 13.8 Å². The van der Waals surface area contributed by atoms with Gasteiger partial charge in [-0.15, -0.1) is 0 Å². The second-order valence-electron chi connectivity index (χ2n) is 6.11. The maximum absolute atomic E-state index is 11.9. The molecule has 0 aliphatic heterocycles. The Bertz CT molecular complexity index is 552. The average molecular weight is 380 g/mol. The number of rotatable bonds is 11. The average Bonchev–Trinajstić information content (AvgIpc) is 2.59. The first kappa shape index (κ1) is 24.5. The van der Waals surface area contributed by atoms with Gasteiger partial charge in [-0.2, -0.15) is 0 Å². The lowest BCUT2D eigenvalue weighted by Gasteiger charge is -2.23. The Morgan fingerprint density at radius 1 is 1.22 bits per heavy atom. The predicted octanol–water partition coefficient (Wildman–Crippen LogP) is 0.283. The molecule has 1 atom stereocenters. The molecule has 0 aliphatic rings. The number of aldehydes is 1. The summed E-state index contributed by atoms with van der Waals surface area (Å²) < 4.78 is 0. The quantitative estimate of drug-likeness (QED) is 0.373. The van der Waals surface area contributed by atoms with Gasteiger partial charge in [0, 0.05) is 24.5 Å². The van der Waals surface area contributed by atoms with Crippen LogP contribution >= 0.6 is 0 Å². The minimum atomic E-state index is -0.0908. The highest BCUT2D eigenvalue weighted by molar-refractivity contribution is 5.81. The normalized spacial score (nSPS) is 11.0. The van der Waals surface area contributed by atoms with Crippen molar-refractivity contribution < 1.29 is 14.4 Å². The van der Waals surface area contributed by atoms with E-state index >= 15 is 0 Å². The Kier molecular flexibility index (Phi) is 13.2. The van der Waals surface area contributed by atoms with Gasteiger partial charge in [0.15, 0.2) is 0 Å². The molecular weight excluding hydrogens is 348 g/mol. The van der Waals surface area contributed by atoms with E-state index in [-0.39, 0.29) is 18.5 Å². The number of carbonyl (C=O) groups excluding carboxylic acids is 3. The number of amides is 2. The summed E-state index contributed by atoms with van der Waals surface area (Å²) in [7, 11) is 3.86. The molecule has 1 rings (SSSR count). The van der Waals surface area contributed by atoms with Crippen LogP contribution in [-0.4, -0.2) is 73.2 Å². The molecular formula is C18H32N6O3. The highest BCUT2D eigenvalue weighted by Gasteiger charge is 2.19. The van der Waals surface area contributed by atoms with Crippen molar-refractivity contribution in [1.29, 1.82) is 0 Å². The van der Waals surface area contributed by atoms with Gasteiger partial charge in [0.2, 0.25) is 18.3 Å². The Hall–Kier alpha value is -2.55. The summed E-state index contributed by atoms with van der Waals surface area (Å²) in [5.74, 6) is 0.747. The summed E-state index contributed by atoms with van der Waals surface area (Å²) in [6, 6.07) is 1.86. The first-order valence-corrected chi connectivity index (χ1v) is 8.96. The van der Waals surface area contributed by atoms with Gasteiger partial charge in [-0.05, 0) is 53.8 Å². The first-order valence-electron chi connectivity index (χ1n) is 8.96. The molecule has 0 aliphatic carbocycles. The van der Waals surface area contributed by atoms with Crippen molar-refractivity contribution in [2.75, 3.05) is 39.0 Å². The van der Waals surface area contributed by atoms with Crippen LogP contribution in [0.1, 0.15) is 31.2 Å². The molecule has 0 saturated carbocycles. The van der Waals surface area contributed by atoms with E-state index in [4.69, 9.17) is 0 Å². The van der Waals surface area contributed by atoms with Crippen molar-refractivity contribution in [2.45, 2.75) is 39.7 Å². The fraction of sp³-hybridized carbons (Fsp3) is 0.611. The van der Waals surface area contributed by atoms with Crippen LogP contribution in [0.5, 0.6) is 0 Å². The summed E-state index contributed by atoms with van der Waals surface area (Å²) in [6.45, 7) is 7.38. The molecule has 27 heavy (non-hydrogen) atoms. The number of likely N-dealkylation sites (N-methyl/N-ethyl adjacent to an activating group) is 2. The summed E-state index contributed by atoms with van der Waals surface area (Å²) in [5.41, 5.74) is 1.91. The third-order valence-electron chi connectivity index (χ3n) is 3.48. The largest absolute Gasteiger partial charge is 0.355 e. The van der Waals surface area contributed by atoms with Crippen molar-refractivity contribution in [3.8, 4) is 0 Å². The van der Waals surface area contributed by atoms with Gasteiger partial charge in [0.25, 0.3) is 0 Å². The molecule has 0 bridgehead atoms. The topological polar surface area (TPSA) is 116 Å². The lowest BCUT2D eigenvalue weighted by Crippen LogP contribution is -2.43. The number of nitrogens with zero attached hydrogens (tertiary/aromatic N) is 3. The molecule has 1 unspecified atom stereocenters. The number of hydrogen-bond acceptors (Lipinski definition) is 7. The molecule has 2 amide bonds. The molecule has 1 heterocycles. The Morgan fingerprint density at radius 3 is 2.30 bits per heavy atom. The van der Waals surface area contributed by atoms with E-state index in [1.807, 2.05) is 45.8 Å². The zero-order chi connectivity index (χ0) is 20.7. The van der Waals surface area contributed by atoms with Gasteiger partial charge >= 0.3 is 0 Å². The van der Waals surface area contributed by atoms with Gasteiger partial charge in [0.05, 0.1) is 12.6 Å². The van der Waals surface area contributed by atoms with Crippen molar-refractivity contribution in [2.24, 2.45) is 0 Å². The Labute approximate surface area is 161 Å². The van der Waals surface area contributed by atoms with E-state index in [1.54, 1.807) is 0 Å². The van der Waals surface area contributed by atoms with Gasteiger partial charge in [-0.25, -0.2) is 9.97 Å². The van der Waals surface area contributed by atoms with Crippen LogP contribution in [0.15, 0.2) is 6.07 Å². The molecule has 0 radical (unpaired) electrons. The molecule has 9 heteroatoms. The Balaban J connectivity index is 0.000000972. The van der Waals surface area contributed by atoms with Crippen molar-refractivity contribution >= 4 is 24.6 Å². The smallest absolute Gasteiger partial charge is 0.237 e. The van der Waals surface area contributed by atoms with E-state index < -0.39 is 0 Å². The summed E-state index contributed by atoms with van der Waals surface area (Å²) >= 11 is 0. The van der Waals surface area contributed by atoms with Crippen molar-refractivity contribution in [1.82, 2.24) is 25.5 Å². The van der Waals surface area contributed by atoms with E-state index in [9.17, 15) is 14.4 Å². The van der Waals surface area contributed by atoms with E-state index in [2.05, 4.69) is 25.9 Å². The molecule has 0 saturated heterocycles. The van der Waals surface area contributed by atoms with Crippen LogP contribution in [-0.2, 0) is 14.4 Å². The summed E-state index contributed by atoms with van der Waals surface area (Å²) in [5, 5.41) is 8.24. The number of aromatic nitrogens is 2. The first-order chi connectivity index (χ1) is 12.8. The van der Waals surface area contributed by atoms with Crippen LogP contribution in [0.25, 0.3) is 0 Å². The number of carbonyl (C=O) groups is 3. The molecule has 0 aromatic carbocycles. The van der Waals surface area contributed by atoms with E-state index in [0.29, 0.717) is 25.2 Å². The zero-order valence-electron chi connectivity index (χ0n) is 16.9. The number of nitrogens with one attached hydrogen (secondary N) is 3. The third kappa shape index (κ3) is 11.6. The molecule has 152 valence electrons. The predicted molar refractivity (Wildman–Crippen MR) is 106 cm³/mol. The number of anilines is 1. The minimum Gasteiger partial charge on any atom is -0.355 e.